The number of allylic oxidation sites excluding steroid dienone is 4. The average Bonchev–Trinajstić information content (AvgIpc) is 2.89. The minimum atomic E-state index is -4.73. The Hall–Kier alpha value is -5.07. The zero-order valence-electron chi connectivity index (χ0n) is 20.6. The third-order valence-corrected chi connectivity index (χ3v) is 5.20. The Morgan fingerprint density at radius 1 is 1.15 bits per heavy atom. The molecule has 13 heteroatoms. The Morgan fingerprint density at radius 2 is 1.85 bits per heavy atom. The number of amides is 1. The second-order valence-electron chi connectivity index (χ2n) is 8.10. The SMILES string of the molecule is C=C/C(=C\C=C(/C)F)NC(=O)c1cc(C(F)(F)F)cnc1NCc1ccc(-c2cnc(N)c(C(=N)N)n2)cc1. The van der Waals surface area contributed by atoms with Gasteiger partial charge in [-0.15, -0.1) is 0 Å². The number of carbonyl (C=O) groups is 1. The van der Waals surface area contributed by atoms with Gasteiger partial charge in [-0.2, -0.15) is 13.2 Å². The van der Waals surface area contributed by atoms with E-state index in [4.69, 9.17) is 16.9 Å². The van der Waals surface area contributed by atoms with Gasteiger partial charge in [-0.1, -0.05) is 30.8 Å². The van der Waals surface area contributed by atoms with Gasteiger partial charge in [0.1, 0.15) is 17.3 Å². The number of benzene rings is 1. The van der Waals surface area contributed by atoms with Crippen molar-refractivity contribution in [3.63, 3.8) is 0 Å². The summed E-state index contributed by atoms with van der Waals surface area (Å²) in [5.74, 6) is -1.83. The standard InChI is InChI=1S/C26H24F4N8O/c1-3-18(9-4-14(2)27)37-25(39)19-10-17(26(28,29)30)12-36-24(19)35-11-15-5-7-16(8-6-15)20-13-34-23(33)21(38-20)22(31)32/h3-10,12-13H,1,11H2,2H3,(H3,31,32)(H2,33,34)(H,35,36)(H,37,39)/b14-4+,18-9+. The van der Waals surface area contributed by atoms with E-state index < -0.39 is 23.5 Å². The second-order valence-corrected chi connectivity index (χ2v) is 8.10. The van der Waals surface area contributed by atoms with Crippen molar-refractivity contribution in [1.29, 1.82) is 5.41 Å². The molecule has 0 saturated heterocycles. The summed E-state index contributed by atoms with van der Waals surface area (Å²) in [6.45, 7) is 4.81. The van der Waals surface area contributed by atoms with Crippen LogP contribution in [0.3, 0.4) is 0 Å². The minimum absolute atomic E-state index is 0.0284. The largest absolute Gasteiger partial charge is 0.417 e. The van der Waals surface area contributed by atoms with Crippen LogP contribution in [0.1, 0.15) is 34.1 Å². The van der Waals surface area contributed by atoms with E-state index in [1.54, 1.807) is 24.3 Å². The summed E-state index contributed by atoms with van der Waals surface area (Å²) in [5, 5.41) is 12.8. The molecule has 0 radical (unpaired) electrons. The van der Waals surface area contributed by atoms with Gasteiger partial charge in [0, 0.05) is 24.0 Å². The molecule has 39 heavy (non-hydrogen) atoms. The third kappa shape index (κ3) is 7.47. The molecule has 1 aromatic carbocycles. The van der Waals surface area contributed by atoms with Crippen LogP contribution < -0.4 is 22.1 Å². The van der Waals surface area contributed by atoms with Gasteiger partial charge in [-0.25, -0.2) is 19.3 Å². The van der Waals surface area contributed by atoms with Gasteiger partial charge in [0.05, 0.1) is 28.8 Å². The van der Waals surface area contributed by atoms with Crippen LogP contribution in [0.4, 0.5) is 29.2 Å². The van der Waals surface area contributed by atoms with E-state index in [0.29, 0.717) is 29.1 Å². The number of rotatable bonds is 9. The number of amidine groups is 1. The number of nitrogens with one attached hydrogen (secondary N) is 3. The lowest BCUT2D eigenvalue weighted by Gasteiger charge is -2.15. The number of nitrogens with zero attached hydrogens (tertiary/aromatic N) is 3. The number of halogens is 4. The lowest BCUT2D eigenvalue weighted by molar-refractivity contribution is -0.137. The smallest absolute Gasteiger partial charge is 0.382 e. The maximum absolute atomic E-state index is 13.3. The summed E-state index contributed by atoms with van der Waals surface area (Å²) in [5.41, 5.74) is 11.6. The fourth-order valence-electron chi connectivity index (χ4n) is 3.21. The normalized spacial score (nSPS) is 12.1. The number of hydrogen-bond acceptors (Lipinski definition) is 7. The van der Waals surface area contributed by atoms with Gasteiger partial charge in [0.15, 0.2) is 5.82 Å². The highest BCUT2D eigenvalue weighted by Gasteiger charge is 2.32. The van der Waals surface area contributed by atoms with Gasteiger partial charge < -0.3 is 22.1 Å². The van der Waals surface area contributed by atoms with Crippen LogP contribution in [-0.4, -0.2) is 26.7 Å². The first-order valence-corrected chi connectivity index (χ1v) is 11.2. The maximum Gasteiger partial charge on any atom is 0.417 e. The molecule has 3 rings (SSSR count). The zero-order chi connectivity index (χ0) is 28.7. The van der Waals surface area contributed by atoms with Crippen LogP contribution in [0.5, 0.6) is 0 Å². The van der Waals surface area contributed by atoms with Crippen LogP contribution in [0.2, 0.25) is 0 Å². The number of hydrogen-bond donors (Lipinski definition) is 5. The first-order chi connectivity index (χ1) is 18.4. The molecule has 0 aliphatic heterocycles. The Balaban J connectivity index is 1.84. The van der Waals surface area contributed by atoms with E-state index in [0.717, 1.165) is 6.08 Å². The third-order valence-electron chi connectivity index (χ3n) is 5.20. The lowest BCUT2D eigenvalue weighted by atomic mass is 10.1. The van der Waals surface area contributed by atoms with E-state index in [1.165, 1.54) is 25.3 Å². The molecule has 0 spiro atoms. The molecular weight excluding hydrogens is 516 g/mol. The Bertz CT molecular complexity index is 1460. The van der Waals surface area contributed by atoms with Crippen LogP contribution in [0, 0.1) is 5.41 Å². The van der Waals surface area contributed by atoms with Gasteiger partial charge >= 0.3 is 6.18 Å². The molecule has 0 aliphatic carbocycles. The average molecular weight is 541 g/mol. The van der Waals surface area contributed by atoms with Gasteiger partial charge in [-0.3, -0.25) is 10.2 Å². The van der Waals surface area contributed by atoms with Gasteiger partial charge in [-0.05, 0) is 36.8 Å². The number of pyridine rings is 1. The fraction of sp³-hybridized carbons (Fsp3) is 0.115. The number of alkyl halides is 3. The number of aromatic nitrogens is 3. The molecule has 7 N–H and O–H groups in total. The minimum Gasteiger partial charge on any atom is -0.382 e. The van der Waals surface area contributed by atoms with Crippen molar-refractivity contribution in [2.75, 3.05) is 11.1 Å². The van der Waals surface area contributed by atoms with E-state index >= 15 is 0 Å². The number of anilines is 2. The lowest BCUT2D eigenvalue weighted by Crippen LogP contribution is -2.24. The summed E-state index contributed by atoms with van der Waals surface area (Å²) >= 11 is 0. The van der Waals surface area contributed by atoms with E-state index in [-0.39, 0.29) is 41.0 Å². The molecule has 3 aromatic rings. The highest BCUT2D eigenvalue weighted by atomic mass is 19.4. The van der Waals surface area contributed by atoms with Crippen LogP contribution in [0.25, 0.3) is 11.3 Å². The van der Waals surface area contributed by atoms with E-state index in [2.05, 4.69) is 32.2 Å². The van der Waals surface area contributed by atoms with Crippen molar-refractivity contribution < 1.29 is 22.4 Å². The Morgan fingerprint density at radius 3 is 2.44 bits per heavy atom. The second kappa shape index (κ2) is 12.0. The quantitative estimate of drug-likeness (QED) is 0.114. The highest BCUT2D eigenvalue weighted by Crippen LogP contribution is 2.31. The monoisotopic (exact) mass is 540 g/mol. The summed E-state index contributed by atoms with van der Waals surface area (Å²) in [6.07, 6.45) is 0.839. The van der Waals surface area contributed by atoms with Crippen molar-refractivity contribution in [2.24, 2.45) is 5.73 Å². The molecule has 2 heterocycles. The van der Waals surface area contributed by atoms with Crippen molar-refractivity contribution in [3.8, 4) is 11.3 Å². The molecule has 2 aromatic heterocycles. The molecule has 0 atom stereocenters. The van der Waals surface area contributed by atoms with Crippen LogP contribution >= 0.6 is 0 Å². The molecule has 1 amide bonds. The Labute approximate surface area is 220 Å². The predicted molar refractivity (Wildman–Crippen MR) is 140 cm³/mol. The maximum atomic E-state index is 13.3. The molecule has 202 valence electrons. The van der Waals surface area contributed by atoms with Crippen molar-refractivity contribution in [3.05, 3.63) is 101 Å². The molecule has 0 bridgehead atoms. The summed E-state index contributed by atoms with van der Waals surface area (Å²) < 4.78 is 53.0. The summed E-state index contributed by atoms with van der Waals surface area (Å²) in [4.78, 5) is 24.9. The summed E-state index contributed by atoms with van der Waals surface area (Å²) in [7, 11) is 0. The Kier molecular flexibility index (Phi) is 8.76. The van der Waals surface area contributed by atoms with Crippen molar-refractivity contribution >= 4 is 23.4 Å². The summed E-state index contributed by atoms with van der Waals surface area (Å²) in [6, 6.07) is 7.56. The number of nitrogens with two attached hydrogens (primary N) is 2. The van der Waals surface area contributed by atoms with Crippen molar-refractivity contribution in [1.82, 2.24) is 20.3 Å². The first kappa shape index (κ1) is 28.5. The predicted octanol–water partition coefficient (Wildman–Crippen LogP) is 4.71. The van der Waals surface area contributed by atoms with Crippen LogP contribution in [-0.2, 0) is 12.7 Å². The molecule has 0 unspecified atom stereocenters. The first-order valence-electron chi connectivity index (χ1n) is 11.2. The molecule has 0 fully saturated rings. The number of nitrogen functional groups attached to an aromatic ring is 2. The molecule has 9 nitrogen and oxygen atoms in total. The fourth-order valence-corrected chi connectivity index (χ4v) is 3.21. The van der Waals surface area contributed by atoms with E-state index in [9.17, 15) is 22.4 Å². The van der Waals surface area contributed by atoms with Crippen LogP contribution in [0.15, 0.2) is 79.1 Å². The number of carbonyl (C=O) groups excluding carboxylic acids is 1. The van der Waals surface area contributed by atoms with Crippen molar-refractivity contribution in [2.45, 2.75) is 19.6 Å². The topological polar surface area (TPSA) is 156 Å². The molecule has 0 saturated carbocycles. The van der Waals surface area contributed by atoms with E-state index in [1.807, 2.05) is 0 Å². The highest BCUT2D eigenvalue weighted by molar-refractivity contribution is 6.00. The van der Waals surface area contributed by atoms with Gasteiger partial charge in [0.25, 0.3) is 5.91 Å². The molecule has 0 aliphatic rings. The van der Waals surface area contributed by atoms with Gasteiger partial charge in [0.2, 0.25) is 0 Å². The zero-order valence-corrected chi connectivity index (χ0v) is 20.6. The molecular formula is C26H24F4N8O.